The third-order valence-electron chi connectivity index (χ3n) is 4.75. The van der Waals surface area contributed by atoms with Crippen LogP contribution < -0.4 is 10.2 Å². The summed E-state index contributed by atoms with van der Waals surface area (Å²) in [6.45, 7) is 7.90. The zero-order valence-electron chi connectivity index (χ0n) is 16.2. The van der Waals surface area contributed by atoms with Crippen molar-refractivity contribution in [3.05, 3.63) is 52.6 Å². The Labute approximate surface area is 168 Å². The van der Waals surface area contributed by atoms with E-state index in [0.29, 0.717) is 5.69 Å². The molecule has 3 aromatic rings. The molecule has 0 radical (unpaired) electrons. The number of thiazole rings is 1. The molecule has 2 N–H and O–H groups in total. The second-order valence-electron chi connectivity index (χ2n) is 7.22. The number of rotatable bonds is 4. The number of anilines is 2. The van der Waals surface area contributed by atoms with Crippen LogP contribution in [0.15, 0.2) is 41.9 Å². The molecule has 28 heavy (non-hydrogen) atoms. The van der Waals surface area contributed by atoms with Crippen molar-refractivity contribution in [2.75, 3.05) is 23.3 Å². The molecule has 3 heterocycles. The van der Waals surface area contributed by atoms with Crippen molar-refractivity contribution >= 4 is 28.6 Å². The van der Waals surface area contributed by atoms with Crippen LogP contribution in [-0.2, 0) is 4.74 Å². The Morgan fingerprint density at radius 2 is 1.96 bits per heavy atom. The van der Waals surface area contributed by atoms with Crippen LogP contribution in [0.3, 0.4) is 0 Å². The van der Waals surface area contributed by atoms with Crippen molar-refractivity contribution in [1.82, 2.24) is 9.97 Å². The van der Waals surface area contributed by atoms with Crippen molar-refractivity contribution in [2.24, 2.45) is 0 Å². The number of carbonyl (C=O) groups excluding carboxylic acids is 1. The summed E-state index contributed by atoms with van der Waals surface area (Å²) in [5.74, 6) is -0.167. The number of hydrogen-bond donors (Lipinski definition) is 2. The highest BCUT2D eigenvalue weighted by Crippen LogP contribution is 2.24. The van der Waals surface area contributed by atoms with Crippen molar-refractivity contribution < 1.29 is 9.53 Å². The average molecular weight is 397 g/mol. The maximum absolute atomic E-state index is 12.5. The molecule has 4 rings (SSSR count). The second-order valence-corrected chi connectivity index (χ2v) is 8.28. The summed E-state index contributed by atoms with van der Waals surface area (Å²) < 4.78 is 5.79. The van der Waals surface area contributed by atoms with E-state index in [2.05, 4.69) is 34.0 Å². The molecule has 0 unspecified atom stereocenters. The summed E-state index contributed by atoms with van der Waals surface area (Å²) in [7, 11) is 0. The van der Waals surface area contributed by atoms with Gasteiger partial charge in [0.15, 0.2) is 0 Å². The first-order valence-electron chi connectivity index (χ1n) is 9.40. The molecule has 1 aromatic carbocycles. The van der Waals surface area contributed by atoms with E-state index in [-0.39, 0.29) is 18.1 Å². The van der Waals surface area contributed by atoms with E-state index < -0.39 is 0 Å². The zero-order valence-corrected chi connectivity index (χ0v) is 17.0. The molecule has 1 fully saturated rings. The molecule has 0 bridgehead atoms. The fourth-order valence-electron chi connectivity index (χ4n) is 3.51. The molecule has 0 aliphatic carbocycles. The Balaban J connectivity index is 1.42. The maximum atomic E-state index is 12.5. The van der Waals surface area contributed by atoms with Crippen LogP contribution in [0.2, 0.25) is 0 Å². The number of amides is 1. The first-order valence-corrected chi connectivity index (χ1v) is 10.3. The average Bonchev–Trinajstić information content (AvgIpc) is 3.30. The molecule has 7 heteroatoms. The fraction of sp³-hybridized carbons (Fsp3) is 0.333. The number of morpholine rings is 1. The number of nitrogens with zero attached hydrogens (tertiary/aromatic N) is 2. The number of nitrogens with one attached hydrogen (secondary N) is 2. The van der Waals surface area contributed by atoms with Gasteiger partial charge in [0.2, 0.25) is 0 Å². The van der Waals surface area contributed by atoms with Gasteiger partial charge < -0.3 is 19.9 Å². The normalized spacial score (nSPS) is 19.6. The lowest BCUT2D eigenvalue weighted by molar-refractivity contribution is -0.00521. The van der Waals surface area contributed by atoms with Gasteiger partial charge in [-0.15, -0.1) is 11.3 Å². The van der Waals surface area contributed by atoms with E-state index in [1.807, 2.05) is 48.8 Å². The van der Waals surface area contributed by atoms with E-state index in [9.17, 15) is 4.79 Å². The van der Waals surface area contributed by atoms with Gasteiger partial charge >= 0.3 is 0 Å². The molecule has 1 saturated heterocycles. The molecule has 2 atom stereocenters. The Bertz CT molecular complexity index is 953. The predicted octanol–water partition coefficient (Wildman–Crippen LogP) is 4.31. The van der Waals surface area contributed by atoms with Crippen LogP contribution in [-0.4, -0.2) is 41.2 Å². The summed E-state index contributed by atoms with van der Waals surface area (Å²) in [6.07, 6.45) is 2.24. The van der Waals surface area contributed by atoms with Gasteiger partial charge in [-0.3, -0.25) is 4.79 Å². The minimum Gasteiger partial charge on any atom is -0.372 e. The van der Waals surface area contributed by atoms with E-state index in [1.165, 1.54) is 0 Å². The monoisotopic (exact) mass is 396 g/mol. The first-order chi connectivity index (χ1) is 13.5. The molecule has 6 nitrogen and oxygen atoms in total. The van der Waals surface area contributed by atoms with E-state index >= 15 is 0 Å². The number of aryl methyl sites for hydroxylation is 1. The van der Waals surface area contributed by atoms with Crippen LogP contribution in [0.1, 0.15) is 29.3 Å². The van der Waals surface area contributed by atoms with Crippen LogP contribution in [0, 0.1) is 6.92 Å². The van der Waals surface area contributed by atoms with Crippen LogP contribution in [0.25, 0.3) is 11.3 Å². The molecular weight excluding hydrogens is 372 g/mol. The topological polar surface area (TPSA) is 70.2 Å². The highest BCUT2D eigenvalue weighted by Gasteiger charge is 2.22. The summed E-state index contributed by atoms with van der Waals surface area (Å²) in [4.78, 5) is 22.4. The van der Waals surface area contributed by atoms with Crippen molar-refractivity contribution in [2.45, 2.75) is 33.0 Å². The van der Waals surface area contributed by atoms with Gasteiger partial charge in [-0.1, -0.05) is 0 Å². The molecular formula is C21H24N4O2S. The van der Waals surface area contributed by atoms with Gasteiger partial charge in [0, 0.05) is 41.6 Å². The summed E-state index contributed by atoms with van der Waals surface area (Å²) in [5, 5.41) is 5.94. The van der Waals surface area contributed by atoms with Crippen molar-refractivity contribution in [3.63, 3.8) is 0 Å². The third kappa shape index (κ3) is 4.10. The zero-order chi connectivity index (χ0) is 19.7. The lowest BCUT2D eigenvalue weighted by atomic mass is 10.2. The molecule has 1 amide bonds. The van der Waals surface area contributed by atoms with Gasteiger partial charge in [0.05, 0.1) is 22.9 Å². The highest BCUT2D eigenvalue weighted by molar-refractivity contribution is 7.09. The van der Waals surface area contributed by atoms with Crippen molar-refractivity contribution in [3.8, 4) is 11.3 Å². The number of aromatic nitrogens is 2. The van der Waals surface area contributed by atoms with Crippen LogP contribution >= 0.6 is 11.3 Å². The minimum atomic E-state index is -0.167. The molecule has 1 aliphatic rings. The molecule has 146 valence electrons. The number of aromatic amines is 1. The van der Waals surface area contributed by atoms with E-state index in [0.717, 1.165) is 40.7 Å². The maximum Gasteiger partial charge on any atom is 0.272 e. The third-order valence-corrected chi connectivity index (χ3v) is 5.53. The summed E-state index contributed by atoms with van der Waals surface area (Å²) >= 11 is 1.60. The number of ether oxygens (including phenoxy) is 1. The lowest BCUT2D eigenvalue weighted by Gasteiger charge is -2.36. The quantitative estimate of drug-likeness (QED) is 0.689. The van der Waals surface area contributed by atoms with Gasteiger partial charge in [0.1, 0.15) is 5.69 Å². The van der Waals surface area contributed by atoms with Crippen LogP contribution in [0.4, 0.5) is 11.4 Å². The number of benzene rings is 1. The number of carbonyl (C=O) groups is 1. The standard InChI is InChI=1S/C21H24N4O2S/c1-13-10-25(11-14(2)27-13)18-6-4-17(5-7-18)24-21(26)19-8-16(9-22-19)20-12-28-15(3)23-20/h4-9,12-14,22H,10-11H2,1-3H3,(H,24,26)/t13-,14-/m0/s1. The molecule has 0 spiro atoms. The summed E-state index contributed by atoms with van der Waals surface area (Å²) in [6, 6.07) is 9.78. The lowest BCUT2D eigenvalue weighted by Crippen LogP contribution is -2.45. The predicted molar refractivity (Wildman–Crippen MR) is 113 cm³/mol. The first kappa shape index (κ1) is 18.7. The van der Waals surface area contributed by atoms with Gasteiger partial charge in [0.25, 0.3) is 5.91 Å². The van der Waals surface area contributed by atoms with E-state index in [4.69, 9.17) is 4.74 Å². The van der Waals surface area contributed by atoms with Crippen LogP contribution in [0.5, 0.6) is 0 Å². The Morgan fingerprint density at radius 1 is 1.25 bits per heavy atom. The number of H-pyrrole nitrogens is 1. The Kier molecular flexibility index (Phi) is 5.19. The highest BCUT2D eigenvalue weighted by atomic mass is 32.1. The summed E-state index contributed by atoms with van der Waals surface area (Å²) in [5.41, 5.74) is 4.22. The fourth-order valence-corrected chi connectivity index (χ4v) is 4.13. The smallest absolute Gasteiger partial charge is 0.272 e. The van der Waals surface area contributed by atoms with E-state index in [1.54, 1.807) is 11.3 Å². The van der Waals surface area contributed by atoms with Gasteiger partial charge in [-0.25, -0.2) is 4.98 Å². The molecule has 1 aliphatic heterocycles. The Hall–Kier alpha value is -2.64. The largest absolute Gasteiger partial charge is 0.372 e. The minimum absolute atomic E-state index is 0.167. The Morgan fingerprint density at radius 3 is 2.61 bits per heavy atom. The second kappa shape index (κ2) is 7.77. The molecule has 0 saturated carbocycles. The SMILES string of the molecule is Cc1nc(-c2c[nH]c(C(=O)Nc3ccc(N4C[C@H](C)O[C@@H](C)C4)cc3)c2)cs1. The van der Waals surface area contributed by atoms with Gasteiger partial charge in [-0.05, 0) is 51.1 Å². The van der Waals surface area contributed by atoms with Crippen molar-refractivity contribution in [1.29, 1.82) is 0 Å². The number of hydrogen-bond acceptors (Lipinski definition) is 5. The molecule has 2 aromatic heterocycles. The van der Waals surface area contributed by atoms with Gasteiger partial charge in [-0.2, -0.15) is 0 Å².